The van der Waals surface area contributed by atoms with Gasteiger partial charge in [0, 0.05) is 19.5 Å². The molecule has 0 saturated carbocycles. The van der Waals surface area contributed by atoms with Crippen molar-refractivity contribution >= 4 is 23.2 Å². The number of rotatable bonds is 3. The first-order valence-electron chi connectivity index (χ1n) is 7.52. The Kier molecular flexibility index (Phi) is 4.34. The highest BCUT2D eigenvalue weighted by atomic mass is 35.5. The molecular formula is C18H19ClN2O. The predicted octanol–water partition coefficient (Wildman–Crippen LogP) is 3.44. The molecule has 0 atom stereocenters. The second kappa shape index (κ2) is 6.41. The molecule has 0 aromatic heterocycles. The smallest absolute Gasteiger partial charge is 0.223 e. The van der Waals surface area contributed by atoms with E-state index >= 15 is 0 Å². The van der Waals surface area contributed by atoms with Gasteiger partial charge < -0.3 is 10.6 Å². The van der Waals surface area contributed by atoms with Crippen molar-refractivity contribution < 1.29 is 4.79 Å². The Bertz CT molecular complexity index is 699. The van der Waals surface area contributed by atoms with Gasteiger partial charge in [0.25, 0.3) is 0 Å². The molecular weight excluding hydrogens is 296 g/mol. The molecule has 2 N–H and O–H groups in total. The number of nitrogen functional groups attached to an aromatic ring is 1. The third-order valence-corrected chi connectivity index (χ3v) is 4.52. The SMILES string of the molecule is Nc1cc(CCC(=O)N2CCc3ccccc3C2)ccc1Cl. The summed E-state index contributed by atoms with van der Waals surface area (Å²) >= 11 is 5.91. The van der Waals surface area contributed by atoms with Gasteiger partial charge in [0.1, 0.15) is 0 Å². The summed E-state index contributed by atoms with van der Waals surface area (Å²) in [6.07, 6.45) is 2.14. The fourth-order valence-corrected chi connectivity index (χ4v) is 2.98. The average Bonchev–Trinajstić information content (AvgIpc) is 2.55. The van der Waals surface area contributed by atoms with Crippen LogP contribution in [0.4, 0.5) is 5.69 Å². The van der Waals surface area contributed by atoms with Crippen molar-refractivity contribution in [3.8, 4) is 0 Å². The van der Waals surface area contributed by atoms with Crippen LogP contribution in [-0.4, -0.2) is 17.4 Å². The van der Waals surface area contributed by atoms with E-state index in [4.69, 9.17) is 17.3 Å². The molecule has 1 aliphatic rings. The lowest BCUT2D eigenvalue weighted by molar-refractivity contribution is -0.132. The highest BCUT2D eigenvalue weighted by Crippen LogP contribution is 2.22. The van der Waals surface area contributed by atoms with Crippen LogP contribution < -0.4 is 5.73 Å². The Labute approximate surface area is 135 Å². The molecule has 0 bridgehead atoms. The van der Waals surface area contributed by atoms with E-state index in [-0.39, 0.29) is 5.91 Å². The van der Waals surface area contributed by atoms with E-state index in [2.05, 4.69) is 18.2 Å². The molecule has 0 saturated heterocycles. The Hall–Kier alpha value is -2.00. The number of carbonyl (C=O) groups excluding carboxylic acids is 1. The molecule has 22 heavy (non-hydrogen) atoms. The molecule has 1 heterocycles. The lowest BCUT2D eigenvalue weighted by Crippen LogP contribution is -2.36. The molecule has 4 heteroatoms. The molecule has 1 aliphatic heterocycles. The number of fused-ring (bicyclic) bond motifs is 1. The lowest BCUT2D eigenvalue weighted by atomic mass is 9.99. The van der Waals surface area contributed by atoms with Crippen molar-refractivity contribution in [1.29, 1.82) is 0 Å². The maximum Gasteiger partial charge on any atom is 0.223 e. The molecule has 0 radical (unpaired) electrons. The lowest BCUT2D eigenvalue weighted by Gasteiger charge is -2.29. The second-order valence-electron chi connectivity index (χ2n) is 5.69. The largest absolute Gasteiger partial charge is 0.398 e. The van der Waals surface area contributed by atoms with Gasteiger partial charge in [-0.05, 0) is 41.7 Å². The number of aryl methyl sites for hydroxylation is 1. The van der Waals surface area contributed by atoms with Crippen LogP contribution in [0.2, 0.25) is 5.02 Å². The number of benzene rings is 2. The summed E-state index contributed by atoms with van der Waals surface area (Å²) in [5.41, 5.74) is 10.0. The number of nitrogens with two attached hydrogens (primary N) is 1. The first kappa shape index (κ1) is 14.9. The van der Waals surface area contributed by atoms with Crippen LogP contribution in [0.1, 0.15) is 23.1 Å². The van der Waals surface area contributed by atoms with Crippen LogP contribution in [0.3, 0.4) is 0 Å². The van der Waals surface area contributed by atoms with Crippen molar-refractivity contribution in [3.05, 3.63) is 64.2 Å². The zero-order chi connectivity index (χ0) is 15.5. The van der Waals surface area contributed by atoms with Gasteiger partial charge >= 0.3 is 0 Å². The number of amides is 1. The highest BCUT2D eigenvalue weighted by molar-refractivity contribution is 6.33. The van der Waals surface area contributed by atoms with Crippen molar-refractivity contribution in [1.82, 2.24) is 4.90 Å². The Morgan fingerprint density at radius 3 is 2.73 bits per heavy atom. The van der Waals surface area contributed by atoms with Crippen LogP contribution in [0.25, 0.3) is 0 Å². The van der Waals surface area contributed by atoms with Gasteiger partial charge in [0.05, 0.1) is 10.7 Å². The van der Waals surface area contributed by atoms with E-state index in [0.29, 0.717) is 23.6 Å². The fourth-order valence-electron chi connectivity index (χ4n) is 2.87. The third kappa shape index (κ3) is 3.25. The van der Waals surface area contributed by atoms with E-state index in [1.807, 2.05) is 23.1 Å². The summed E-state index contributed by atoms with van der Waals surface area (Å²) in [5, 5.41) is 0.558. The standard InChI is InChI=1S/C18H19ClN2O/c19-16-7-5-13(11-17(16)20)6-8-18(22)21-10-9-14-3-1-2-4-15(14)12-21/h1-5,7,11H,6,8-10,12,20H2. The van der Waals surface area contributed by atoms with Crippen molar-refractivity contribution in [3.63, 3.8) is 0 Å². The van der Waals surface area contributed by atoms with Crippen molar-refractivity contribution in [2.75, 3.05) is 12.3 Å². The Morgan fingerprint density at radius 2 is 1.95 bits per heavy atom. The second-order valence-corrected chi connectivity index (χ2v) is 6.10. The highest BCUT2D eigenvalue weighted by Gasteiger charge is 2.19. The molecule has 3 nitrogen and oxygen atoms in total. The van der Waals surface area contributed by atoms with Crippen LogP contribution in [0, 0.1) is 0 Å². The van der Waals surface area contributed by atoms with Crippen LogP contribution in [0.5, 0.6) is 0 Å². The summed E-state index contributed by atoms with van der Waals surface area (Å²) in [6, 6.07) is 13.9. The van der Waals surface area contributed by atoms with Gasteiger partial charge in [-0.25, -0.2) is 0 Å². The molecule has 0 spiro atoms. The molecule has 0 fully saturated rings. The van der Waals surface area contributed by atoms with Gasteiger partial charge in [0.15, 0.2) is 0 Å². The topological polar surface area (TPSA) is 46.3 Å². The van der Waals surface area contributed by atoms with E-state index in [1.54, 1.807) is 6.07 Å². The molecule has 0 unspecified atom stereocenters. The predicted molar refractivity (Wildman–Crippen MR) is 89.7 cm³/mol. The summed E-state index contributed by atoms with van der Waals surface area (Å²) in [6.45, 7) is 1.52. The van der Waals surface area contributed by atoms with E-state index in [9.17, 15) is 4.79 Å². The molecule has 1 amide bonds. The van der Waals surface area contributed by atoms with E-state index in [1.165, 1.54) is 11.1 Å². The first-order chi connectivity index (χ1) is 10.6. The number of nitrogens with zero attached hydrogens (tertiary/aromatic N) is 1. The van der Waals surface area contributed by atoms with Crippen molar-refractivity contribution in [2.24, 2.45) is 0 Å². The number of hydrogen-bond donors (Lipinski definition) is 1. The zero-order valence-corrected chi connectivity index (χ0v) is 13.1. The summed E-state index contributed by atoms with van der Waals surface area (Å²) < 4.78 is 0. The number of anilines is 1. The quantitative estimate of drug-likeness (QED) is 0.882. The first-order valence-corrected chi connectivity index (χ1v) is 7.90. The molecule has 0 aliphatic carbocycles. The summed E-state index contributed by atoms with van der Waals surface area (Å²) in [4.78, 5) is 14.3. The average molecular weight is 315 g/mol. The number of halogens is 1. The van der Waals surface area contributed by atoms with Crippen LogP contribution >= 0.6 is 11.6 Å². The summed E-state index contributed by atoms with van der Waals surface area (Å²) in [5.74, 6) is 0.197. The Balaban J connectivity index is 1.60. The van der Waals surface area contributed by atoms with Gasteiger partial charge in [-0.2, -0.15) is 0 Å². The molecule has 2 aromatic rings. The zero-order valence-electron chi connectivity index (χ0n) is 12.4. The maximum absolute atomic E-state index is 12.4. The van der Waals surface area contributed by atoms with Crippen LogP contribution in [0.15, 0.2) is 42.5 Å². The molecule has 2 aromatic carbocycles. The van der Waals surface area contributed by atoms with Gasteiger partial charge in [-0.1, -0.05) is 41.9 Å². The fraction of sp³-hybridized carbons (Fsp3) is 0.278. The minimum atomic E-state index is 0.197. The maximum atomic E-state index is 12.4. The number of hydrogen-bond acceptors (Lipinski definition) is 2. The minimum Gasteiger partial charge on any atom is -0.398 e. The molecule has 3 rings (SSSR count). The third-order valence-electron chi connectivity index (χ3n) is 4.17. The minimum absolute atomic E-state index is 0.197. The normalized spacial score (nSPS) is 13.8. The van der Waals surface area contributed by atoms with Gasteiger partial charge in [0.2, 0.25) is 5.91 Å². The summed E-state index contributed by atoms with van der Waals surface area (Å²) in [7, 11) is 0. The van der Waals surface area contributed by atoms with Gasteiger partial charge in [-0.15, -0.1) is 0 Å². The number of carbonyl (C=O) groups is 1. The van der Waals surface area contributed by atoms with Crippen molar-refractivity contribution in [2.45, 2.75) is 25.8 Å². The molecule has 114 valence electrons. The van der Waals surface area contributed by atoms with E-state index in [0.717, 1.165) is 25.1 Å². The Morgan fingerprint density at radius 1 is 1.18 bits per heavy atom. The van der Waals surface area contributed by atoms with Crippen LogP contribution in [-0.2, 0) is 24.2 Å². The van der Waals surface area contributed by atoms with E-state index < -0.39 is 0 Å². The monoisotopic (exact) mass is 314 g/mol. The van der Waals surface area contributed by atoms with Gasteiger partial charge in [-0.3, -0.25) is 4.79 Å².